The van der Waals surface area contributed by atoms with Crippen LogP contribution in [0.1, 0.15) is 109 Å². The van der Waals surface area contributed by atoms with E-state index in [9.17, 15) is 13.2 Å². The van der Waals surface area contributed by atoms with Crippen LogP contribution in [0.15, 0.2) is 30.8 Å². The lowest BCUT2D eigenvalue weighted by Gasteiger charge is -2.19. The van der Waals surface area contributed by atoms with Crippen molar-refractivity contribution in [3.05, 3.63) is 36.4 Å². The molecule has 0 saturated heterocycles. The van der Waals surface area contributed by atoms with Crippen LogP contribution in [-0.4, -0.2) is 37.3 Å². The molecule has 6 nitrogen and oxygen atoms in total. The molecule has 0 heterocycles. The molecule has 0 bridgehead atoms. The molecule has 0 fully saturated rings. The molecule has 1 atom stereocenters. The summed E-state index contributed by atoms with van der Waals surface area (Å²) in [5.74, 6) is 0.0537. The number of hydrogen-bond donors (Lipinski definition) is 2. The molecule has 0 aliphatic carbocycles. The minimum Gasteiger partial charge on any atom is -0.490 e. The Morgan fingerprint density at radius 1 is 0.943 bits per heavy atom. The highest BCUT2D eigenvalue weighted by molar-refractivity contribution is 7.85. The second-order valence-electron chi connectivity index (χ2n) is 9.37. The van der Waals surface area contributed by atoms with Crippen LogP contribution in [0, 0.1) is 0 Å². The summed E-state index contributed by atoms with van der Waals surface area (Å²) in [7, 11) is -4.07. The monoisotopic (exact) mass is 509 g/mol. The fourth-order valence-electron chi connectivity index (χ4n) is 4.05. The van der Waals surface area contributed by atoms with Crippen molar-refractivity contribution < 1.29 is 22.5 Å². The maximum absolute atomic E-state index is 12.1. The van der Waals surface area contributed by atoms with Gasteiger partial charge >= 0.3 is 0 Å². The number of rotatable bonds is 22. The number of hydrogen-bond acceptors (Lipinski definition) is 4. The number of nitrogens with one attached hydrogen (secondary N) is 1. The molecule has 0 radical (unpaired) electrons. The smallest absolute Gasteiger partial charge is 0.266 e. The lowest BCUT2D eigenvalue weighted by molar-refractivity contribution is -0.121. The van der Waals surface area contributed by atoms with Crippen LogP contribution < -0.4 is 10.1 Å². The molecular weight excluding hydrogens is 462 g/mol. The maximum atomic E-state index is 12.1. The molecule has 0 aromatic heterocycles. The van der Waals surface area contributed by atoms with E-state index in [-0.39, 0.29) is 25.0 Å². The molecule has 1 aromatic carbocycles. The molecule has 0 aliphatic heterocycles. The van der Waals surface area contributed by atoms with E-state index >= 15 is 0 Å². The van der Waals surface area contributed by atoms with Crippen molar-refractivity contribution in [2.24, 2.45) is 0 Å². The van der Waals surface area contributed by atoms with Gasteiger partial charge in [0.1, 0.15) is 5.75 Å². The zero-order chi connectivity index (χ0) is 25.8. The normalized spacial score (nSPS) is 12.3. The third kappa shape index (κ3) is 18.1. The van der Waals surface area contributed by atoms with E-state index in [4.69, 9.17) is 9.29 Å². The van der Waals surface area contributed by atoms with Crippen LogP contribution >= 0.6 is 0 Å². The molecule has 1 amide bonds. The molecule has 1 aromatic rings. The van der Waals surface area contributed by atoms with E-state index in [1.54, 1.807) is 6.08 Å². The summed E-state index contributed by atoms with van der Waals surface area (Å²) in [6.45, 7) is 5.93. The van der Waals surface area contributed by atoms with E-state index < -0.39 is 15.9 Å². The summed E-state index contributed by atoms with van der Waals surface area (Å²) in [5.41, 5.74) is 1.02. The molecule has 1 unspecified atom stereocenters. The zero-order valence-electron chi connectivity index (χ0n) is 21.7. The fraction of sp³-hybridized carbons (Fsp3) is 0.679. The van der Waals surface area contributed by atoms with Crippen molar-refractivity contribution >= 4 is 22.1 Å². The Hall–Kier alpha value is -1.86. The summed E-state index contributed by atoms with van der Waals surface area (Å²) >= 11 is 0. The summed E-state index contributed by atoms with van der Waals surface area (Å²) < 4.78 is 36.6. The van der Waals surface area contributed by atoms with Crippen LogP contribution in [-0.2, 0) is 14.9 Å². The van der Waals surface area contributed by atoms with Gasteiger partial charge in [-0.25, -0.2) is 0 Å². The van der Waals surface area contributed by atoms with Crippen molar-refractivity contribution in [2.75, 3.05) is 12.3 Å². The second kappa shape index (κ2) is 19.3. The highest BCUT2D eigenvalue weighted by Gasteiger charge is 2.14. The molecule has 1 rings (SSSR count). The van der Waals surface area contributed by atoms with Crippen LogP contribution in [0.25, 0.3) is 6.08 Å². The van der Waals surface area contributed by atoms with Crippen molar-refractivity contribution in [3.63, 3.8) is 0 Å². The van der Waals surface area contributed by atoms with Gasteiger partial charge in [0.25, 0.3) is 10.1 Å². The first-order valence-corrected chi connectivity index (χ1v) is 15.1. The van der Waals surface area contributed by atoms with Gasteiger partial charge in [0.15, 0.2) is 0 Å². The number of amides is 1. The molecule has 0 saturated carbocycles. The van der Waals surface area contributed by atoms with Crippen LogP contribution in [0.3, 0.4) is 0 Å². The largest absolute Gasteiger partial charge is 0.490 e. The molecule has 35 heavy (non-hydrogen) atoms. The minimum absolute atomic E-state index is 0.0833. The van der Waals surface area contributed by atoms with Crippen molar-refractivity contribution in [1.82, 2.24) is 5.32 Å². The van der Waals surface area contributed by atoms with Crippen LogP contribution in [0.4, 0.5) is 0 Å². The lowest BCUT2D eigenvalue weighted by atomic mass is 10.0. The standard InChI is InChI=1S/C28H47NO5S/c1-3-5-6-7-8-9-10-11-12-13-14-15-16-26(34-27-19-17-25(4-2)18-20-27)21-22-28(30)29-23-24-35(31,32)33/h4,17-20,26H,2-3,5-16,21-24H2,1H3,(H,29,30)(H,31,32,33). The Kier molecular flexibility index (Phi) is 17.2. The molecule has 200 valence electrons. The van der Waals surface area contributed by atoms with E-state index in [0.29, 0.717) is 6.42 Å². The van der Waals surface area contributed by atoms with Gasteiger partial charge in [-0.05, 0) is 37.0 Å². The van der Waals surface area contributed by atoms with E-state index in [2.05, 4.69) is 18.8 Å². The predicted octanol–water partition coefficient (Wildman–Crippen LogP) is 6.95. The lowest BCUT2D eigenvalue weighted by Crippen LogP contribution is -2.30. The SMILES string of the molecule is C=Cc1ccc(OC(CCCCCCCCCCCCCC)CCC(=O)NCCS(=O)(=O)O)cc1. The van der Waals surface area contributed by atoms with Crippen molar-refractivity contribution in [3.8, 4) is 5.75 Å². The van der Waals surface area contributed by atoms with Crippen LogP contribution in [0.5, 0.6) is 5.75 Å². The highest BCUT2D eigenvalue weighted by Crippen LogP contribution is 2.20. The number of ether oxygens (including phenoxy) is 1. The van der Waals surface area contributed by atoms with Gasteiger partial charge in [-0.2, -0.15) is 8.42 Å². The summed E-state index contributed by atoms with van der Waals surface area (Å²) in [5, 5.41) is 2.54. The third-order valence-electron chi connectivity index (χ3n) is 6.17. The van der Waals surface area contributed by atoms with Gasteiger partial charge in [-0.3, -0.25) is 9.35 Å². The first-order chi connectivity index (χ1) is 16.8. The Balaban J connectivity index is 2.33. The Labute approximate surface area is 213 Å². The van der Waals surface area contributed by atoms with Gasteiger partial charge in [0.05, 0.1) is 11.9 Å². The summed E-state index contributed by atoms with van der Waals surface area (Å²) in [4.78, 5) is 12.1. The molecule has 0 aliphatic rings. The topological polar surface area (TPSA) is 92.7 Å². The number of carbonyl (C=O) groups excluding carboxylic acids is 1. The van der Waals surface area contributed by atoms with Gasteiger partial charge in [-0.1, -0.05) is 102 Å². The van der Waals surface area contributed by atoms with Crippen molar-refractivity contribution in [1.29, 1.82) is 0 Å². The summed E-state index contributed by atoms with van der Waals surface area (Å²) in [6, 6.07) is 7.73. The Bertz CT molecular complexity index is 792. The molecular formula is C28H47NO5S. The number of benzene rings is 1. The first kappa shape index (κ1) is 31.2. The van der Waals surface area contributed by atoms with Crippen molar-refractivity contribution in [2.45, 2.75) is 109 Å². The minimum atomic E-state index is -4.07. The van der Waals surface area contributed by atoms with Gasteiger partial charge in [0, 0.05) is 13.0 Å². The van der Waals surface area contributed by atoms with E-state index in [0.717, 1.165) is 30.6 Å². The fourth-order valence-corrected chi connectivity index (χ4v) is 4.41. The Morgan fingerprint density at radius 2 is 1.49 bits per heavy atom. The zero-order valence-corrected chi connectivity index (χ0v) is 22.5. The number of carbonyl (C=O) groups is 1. The van der Waals surface area contributed by atoms with E-state index in [1.165, 1.54) is 64.2 Å². The van der Waals surface area contributed by atoms with Gasteiger partial charge < -0.3 is 10.1 Å². The first-order valence-electron chi connectivity index (χ1n) is 13.4. The van der Waals surface area contributed by atoms with Gasteiger partial charge in [-0.15, -0.1) is 0 Å². The maximum Gasteiger partial charge on any atom is 0.266 e. The summed E-state index contributed by atoms with van der Waals surface area (Å²) in [6.07, 6.45) is 18.9. The predicted molar refractivity (Wildman–Crippen MR) is 145 cm³/mol. The third-order valence-corrected chi connectivity index (χ3v) is 6.89. The quantitative estimate of drug-likeness (QED) is 0.130. The highest BCUT2D eigenvalue weighted by atomic mass is 32.2. The molecule has 2 N–H and O–H groups in total. The molecule has 0 spiro atoms. The van der Waals surface area contributed by atoms with Gasteiger partial charge in [0.2, 0.25) is 5.91 Å². The second-order valence-corrected chi connectivity index (χ2v) is 10.9. The number of unbranched alkanes of at least 4 members (excludes halogenated alkanes) is 11. The Morgan fingerprint density at radius 3 is 2.00 bits per heavy atom. The van der Waals surface area contributed by atoms with Crippen LogP contribution in [0.2, 0.25) is 0 Å². The molecule has 7 heteroatoms. The van der Waals surface area contributed by atoms with E-state index in [1.807, 2.05) is 24.3 Å². The average molecular weight is 510 g/mol. The average Bonchev–Trinajstić information content (AvgIpc) is 2.82.